The van der Waals surface area contributed by atoms with Gasteiger partial charge in [-0.15, -0.1) is 0 Å². The number of hydrogen-bond acceptors (Lipinski definition) is 3. The maximum atomic E-state index is 14.0. The van der Waals surface area contributed by atoms with Gasteiger partial charge in [-0.25, -0.2) is 17.5 Å². The van der Waals surface area contributed by atoms with E-state index in [1.54, 1.807) is 19.1 Å². The average Bonchev–Trinajstić information content (AvgIpc) is 2.69. The molecule has 0 spiro atoms. The minimum absolute atomic E-state index is 0.00747. The van der Waals surface area contributed by atoms with E-state index in [1.165, 1.54) is 24.3 Å². The summed E-state index contributed by atoms with van der Waals surface area (Å²) >= 11 is 3.16. The molecule has 0 radical (unpaired) electrons. The first-order valence-corrected chi connectivity index (χ1v) is 10.9. The molecule has 0 fully saturated rings. The Kier molecular flexibility index (Phi) is 6.46. The molecule has 8 heteroatoms. The quantitative estimate of drug-likeness (QED) is 0.544. The number of nitrogens with one attached hydrogen (secondary N) is 2. The third kappa shape index (κ3) is 5.29. The van der Waals surface area contributed by atoms with E-state index in [0.29, 0.717) is 10.0 Å². The van der Waals surface area contributed by atoms with Crippen molar-refractivity contribution in [2.45, 2.75) is 18.4 Å². The fourth-order valence-electron chi connectivity index (χ4n) is 2.65. The molecule has 0 aliphatic carbocycles. The Morgan fingerprint density at radius 2 is 1.76 bits per heavy atom. The average molecular weight is 477 g/mol. The molecule has 3 aromatic rings. The number of carbonyl (C=O) groups excluding carboxylic acids is 1. The van der Waals surface area contributed by atoms with Gasteiger partial charge in [0.15, 0.2) is 0 Å². The Labute approximate surface area is 177 Å². The monoisotopic (exact) mass is 476 g/mol. The summed E-state index contributed by atoms with van der Waals surface area (Å²) in [6.07, 6.45) is 0. The lowest BCUT2D eigenvalue weighted by molar-refractivity contribution is 0.102. The number of sulfonamides is 1. The lowest BCUT2D eigenvalue weighted by atomic mass is 10.1. The highest BCUT2D eigenvalue weighted by atomic mass is 79.9. The topological polar surface area (TPSA) is 75.3 Å². The molecule has 5 nitrogen and oxygen atoms in total. The van der Waals surface area contributed by atoms with Gasteiger partial charge in [0.1, 0.15) is 5.82 Å². The van der Waals surface area contributed by atoms with E-state index in [9.17, 15) is 17.6 Å². The van der Waals surface area contributed by atoms with Crippen LogP contribution in [0.4, 0.5) is 10.1 Å². The highest BCUT2D eigenvalue weighted by Crippen LogP contribution is 2.22. The number of rotatable bonds is 6. The van der Waals surface area contributed by atoms with Crippen LogP contribution >= 0.6 is 15.9 Å². The van der Waals surface area contributed by atoms with Crippen molar-refractivity contribution < 1.29 is 17.6 Å². The molecule has 0 atom stereocenters. The number of halogens is 2. The summed E-state index contributed by atoms with van der Waals surface area (Å²) in [5, 5.41) is 2.48. The number of carbonyl (C=O) groups is 1. The Morgan fingerprint density at radius 1 is 1.03 bits per heavy atom. The predicted molar refractivity (Wildman–Crippen MR) is 114 cm³/mol. The molecule has 29 heavy (non-hydrogen) atoms. The van der Waals surface area contributed by atoms with Gasteiger partial charge in [-0.2, -0.15) is 0 Å². The summed E-state index contributed by atoms with van der Waals surface area (Å²) in [6, 6.07) is 17.6. The molecule has 0 bridgehead atoms. The van der Waals surface area contributed by atoms with E-state index in [4.69, 9.17) is 0 Å². The van der Waals surface area contributed by atoms with Crippen LogP contribution in [0.3, 0.4) is 0 Å². The van der Waals surface area contributed by atoms with Gasteiger partial charge in [0.25, 0.3) is 5.91 Å². The first-order chi connectivity index (χ1) is 13.8. The second-order valence-electron chi connectivity index (χ2n) is 6.37. The molecule has 0 aliphatic heterocycles. The van der Waals surface area contributed by atoms with Gasteiger partial charge in [-0.05, 0) is 48.4 Å². The molecule has 2 N–H and O–H groups in total. The zero-order chi connectivity index (χ0) is 21.0. The molecule has 0 unspecified atom stereocenters. The van der Waals surface area contributed by atoms with Crippen molar-refractivity contribution in [1.29, 1.82) is 0 Å². The summed E-state index contributed by atoms with van der Waals surface area (Å²) < 4.78 is 42.3. The fourth-order valence-corrected chi connectivity index (χ4v) is 4.03. The van der Waals surface area contributed by atoms with E-state index >= 15 is 0 Å². The van der Waals surface area contributed by atoms with Gasteiger partial charge >= 0.3 is 0 Å². The smallest absolute Gasteiger partial charge is 0.256 e. The second-order valence-corrected chi connectivity index (χ2v) is 9.05. The number of amides is 1. The van der Waals surface area contributed by atoms with E-state index in [2.05, 4.69) is 26.0 Å². The van der Waals surface area contributed by atoms with Gasteiger partial charge in [0.05, 0.1) is 10.6 Å². The van der Waals surface area contributed by atoms with Crippen LogP contribution in [0.2, 0.25) is 0 Å². The van der Waals surface area contributed by atoms with Crippen molar-refractivity contribution in [1.82, 2.24) is 4.72 Å². The first-order valence-electron chi connectivity index (χ1n) is 8.67. The molecule has 0 saturated carbocycles. The summed E-state index contributed by atoms with van der Waals surface area (Å²) in [7, 11) is -3.83. The number of aryl methyl sites for hydroxylation is 1. The molecule has 1 amide bonds. The molecule has 0 aromatic heterocycles. The van der Waals surface area contributed by atoms with E-state index in [1.807, 2.05) is 30.3 Å². The van der Waals surface area contributed by atoms with Crippen LogP contribution in [-0.4, -0.2) is 14.3 Å². The minimum Gasteiger partial charge on any atom is -0.319 e. The molecule has 0 heterocycles. The van der Waals surface area contributed by atoms with Crippen LogP contribution in [0.15, 0.2) is 76.1 Å². The van der Waals surface area contributed by atoms with Gasteiger partial charge in [0.2, 0.25) is 10.0 Å². The van der Waals surface area contributed by atoms with Crippen molar-refractivity contribution in [3.8, 4) is 0 Å². The lowest BCUT2D eigenvalue weighted by Gasteiger charge is -2.12. The maximum absolute atomic E-state index is 14.0. The highest BCUT2D eigenvalue weighted by molar-refractivity contribution is 9.10. The maximum Gasteiger partial charge on any atom is 0.256 e. The molecular formula is C21H18BrFN2O3S. The molecule has 0 saturated heterocycles. The van der Waals surface area contributed by atoms with E-state index < -0.39 is 21.7 Å². The number of anilines is 1. The van der Waals surface area contributed by atoms with Crippen molar-refractivity contribution in [2.24, 2.45) is 0 Å². The van der Waals surface area contributed by atoms with Crippen LogP contribution in [0.25, 0.3) is 0 Å². The summed E-state index contributed by atoms with van der Waals surface area (Å²) in [5.74, 6) is -1.19. The van der Waals surface area contributed by atoms with Gasteiger partial charge < -0.3 is 5.32 Å². The highest BCUT2D eigenvalue weighted by Gasteiger charge is 2.19. The third-order valence-electron chi connectivity index (χ3n) is 4.25. The van der Waals surface area contributed by atoms with Crippen LogP contribution < -0.4 is 10.0 Å². The van der Waals surface area contributed by atoms with Crippen molar-refractivity contribution in [2.75, 3.05) is 5.32 Å². The lowest BCUT2D eigenvalue weighted by Crippen LogP contribution is -2.24. The Bertz CT molecular complexity index is 1150. The van der Waals surface area contributed by atoms with E-state index in [-0.39, 0.29) is 22.7 Å². The van der Waals surface area contributed by atoms with Crippen molar-refractivity contribution in [3.05, 3.63) is 93.7 Å². The standard InChI is InChI=1S/C21H18BrFN2O3S/c1-14-7-9-17(29(27,28)24-13-15-5-3-2-4-6-15)12-18(14)21(26)25-20-10-8-16(22)11-19(20)23/h2-12,24H,13H2,1H3,(H,25,26). The van der Waals surface area contributed by atoms with Gasteiger partial charge in [-0.1, -0.05) is 52.3 Å². The van der Waals surface area contributed by atoms with Crippen molar-refractivity contribution >= 4 is 37.5 Å². The SMILES string of the molecule is Cc1ccc(S(=O)(=O)NCc2ccccc2)cc1C(=O)Nc1ccc(Br)cc1F. The first kappa shape index (κ1) is 21.2. The number of hydrogen-bond donors (Lipinski definition) is 2. The largest absolute Gasteiger partial charge is 0.319 e. The fraction of sp³-hybridized carbons (Fsp3) is 0.0952. The van der Waals surface area contributed by atoms with Gasteiger partial charge in [-0.3, -0.25) is 4.79 Å². The van der Waals surface area contributed by atoms with Gasteiger partial charge in [0, 0.05) is 16.6 Å². The van der Waals surface area contributed by atoms with Crippen LogP contribution in [0.5, 0.6) is 0 Å². The van der Waals surface area contributed by atoms with Crippen LogP contribution in [0.1, 0.15) is 21.5 Å². The molecule has 3 aromatic carbocycles. The van der Waals surface area contributed by atoms with Crippen LogP contribution in [-0.2, 0) is 16.6 Å². The molecule has 150 valence electrons. The minimum atomic E-state index is -3.83. The third-order valence-corrected chi connectivity index (χ3v) is 6.14. The summed E-state index contributed by atoms with van der Waals surface area (Å²) in [5.41, 5.74) is 1.54. The second kappa shape index (κ2) is 8.86. The predicted octanol–water partition coefficient (Wildman–Crippen LogP) is 4.63. The Morgan fingerprint density at radius 3 is 2.45 bits per heavy atom. The van der Waals surface area contributed by atoms with Crippen LogP contribution in [0, 0.1) is 12.7 Å². The Balaban J connectivity index is 1.82. The normalized spacial score (nSPS) is 11.3. The van der Waals surface area contributed by atoms with Crippen molar-refractivity contribution in [3.63, 3.8) is 0 Å². The zero-order valence-electron chi connectivity index (χ0n) is 15.4. The molecule has 3 rings (SSSR count). The Hall–Kier alpha value is -2.55. The van der Waals surface area contributed by atoms with E-state index in [0.717, 1.165) is 5.56 Å². The molecular weight excluding hydrogens is 459 g/mol. The zero-order valence-corrected chi connectivity index (χ0v) is 17.8. The molecule has 0 aliphatic rings. The summed E-state index contributed by atoms with van der Waals surface area (Å²) in [4.78, 5) is 12.6. The summed E-state index contributed by atoms with van der Waals surface area (Å²) in [6.45, 7) is 1.81. The number of benzene rings is 3.